The van der Waals surface area contributed by atoms with Crippen LogP contribution in [0.25, 0.3) is 0 Å². The molecule has 2 aliphatic heterocycles. The van der Waals surface area contributed by atoms with Crippen molar-refractivity contribution in [1.82, 2.24) is 9.80 Å². The number of piperazine rings is 1. The predicted molar refractivity (Wildman–Crippen MR) is 80.5 cm³/mol. The first kappa shape index (κ1) is 14.3. The van der Waals surface area contributed by atoms with Gasteiger partial charge in [-0.25, -0.2) is 4.39 Å². The molecular formula is C16H22FN3O. The second-order valence-electron chi connectivity index (χ2n) is 6.18. The molecule has 0 radical (unpaired) electrons. The van der Waals surface area contributed by atoms with Gasteiger partial charge >= 0.3 is 0 Å². The average Bonchev–Trinajstić information content (AvgIpc) is 2.46. The minimum absolute atomic E-state index is 0.0785. The lowest BCUT2D eigenvalue weighted by Crippen LogP contribution is -2.60. The summed E-state index contributed by atoms with van der Waals surface area (Å²) in [5.74, 6) is -0.487. The van der Waals surface area contributed by atoms with Crippen molar-refractivity contribution in [2.24, 2.45) is 0 Å². The molecule has 2 fully saturated rings. The van der Waals surface area contributed by atoms with Crippen molar-refractivity contribution in [3.05, 3.63) is 29.6 Å². The van der Waals surface area contributed by atoms with Crippen LogP contribution < -0.4 is 5.73 Å². The normalized spacial score (nSPS) is 26.5. The molecule has 2 unspecified atom stereocenters. The van der Waals surface area contributed by atoms with Crippen molar-refractivity contribution < 1.29 is 9.18 Å². The number of hydrogen-bond acceptors (Lipinski definition) is 3. The first-order chi connectivity index (χ1) is 10.1. The van der Waals surface area contributed by atoms with Gasteiger partial charge in [0.25, 0.3) is 5.91 Å². The van der Waals surface area contributed by atoms with E-state index < -0.39 is 5.82 Å². The Morgan fingerprint density at radius 1 is 1.33 bits per heavy atom. The van der Waals surface area contributed by atoms with E-state index in [1.807, 2.05) is 4.90 Å². The molecule has 3 rings (SSSR count). The quantitative estimate of drug-likeness (QED) is 0.806. The van der Waals surface area contributed by atoms with Crippen LogP contribution in [-0.2, 0) is 0 Å². The van der Waals surface area contributed by atoms with E-state index in [1.54, 1.807) is 0 Å². The molecule has 2 aliphatic rings. The Kier molecular flexibility index (Phi) is 3.85. The monoisotopic (exact) mass is 291 g/mol. The summed E-state index contributed by atoms with van der Waals surface area (Å²) in [5.41, 5.74) is 6.44. The fourth-order valence-electron chi connectivity index (χ4n) is 3.52. The number of nitrogens with zero attached hydrogens (tertiary/aromatic N) is 2. The average molecular weight is 291 g/mol. The van der Waals surface area contributed by atoms with E-state index in [0.29, 0.717) is 11.6 Å². The fraction of sp³-hybridized carbons (Fsp3) is 0.562. The van der Waals surface area contributed by atoms with Gasteiger partial charge in [0.05, 0.1) is 5.56 Å². The molecular weight excluding hydrogens is 269 g/mol. The Balaban J connectivity index is 1.80. The van der Waals surface area contributed by atoms with Crippen LogP contribution in [0.4, 0.5) is 10.1 Å². The first-order valence-corrected chi connectivity index (χ1v) is 7.66. The SMILES string of the molecule is CC1CN2CCCCC2CN1C(=O)c1ccc(F)cc1N. The van der Waals surface area contributed by atoms with Crippen molar-refractivity contribution in [3.8, 4) is 0 Å². The number of nitrogens with two attached hydrogens (primary N) is 1. The molecule has 2 saturated heterocycles. The van der Waals surface area contributed by atoms with Crippen LogP contribution in [0.3, 0.4) is 0 Å². The maximum Gasteiger partial charge on any atom is 0.256 e. The highest BCUT2D eigenvalue weighted by Gasteiger charge is 2.35. The van der Waals surface area contributed by atoms with E-state index in [-0.39, 0.29) is 17.6 Å². The van der Waals surface area contributed by atoms with Crippen LogP contribution >= 0.6 is 0 Å². The van der Waals surface area contributed by atoms with Crippen molar-refractivity contribution in [3.63, 3.8) is 0 Å². The Hall–Kier alpha value is -1.62. The van der Waals surface area contributed by atoms with E-state index in [0.717, 1.165) is 26.1 Å². The van der Waals surface area contributed by atoms with Gasteiger partial charge in [0, 0.05) is 30.9 Å². The van der Waals surface area contributed by atoms with Gasteiger partial charge in [0.2, 0.25) is 0 Å². The number of carbonyl (C=O) groups is 1. The van der Waals surface area contributed by atoms with Gasteiger partial charge in [0.1, 0.15) is 5.82 Å². The first-order valence-electron chi connectivity index (χ1n) is 7.66. The predicted octanol–water partition coefficient (Wildman–Crippen LogP) is 2.11. The Morgan fingerprint density at radius 3 is 2.90 bits per heavy atom. The fourth-order valence-corrected chi connectivity index (χ4v) is 3.52. The molecule has 4 nitrogen and oxygen atoms in total. The Morgan fingerprint density at radius 2 is 2.14 bits per heavy atom. The van der Waals surface area contributed by atoms with Crippen molar-refractivity contribution in [1.29, 1.82) is 0 Å². The largest absolute Gasteiger partial charge is 0.398 e. The molecule has 2 heterocycles. The van der Waals surface area contributed by atoms with E-state index in [9.17, 15) is 9.18 Å². The molecule has 21 heavy (non-hydrogen) atoms. The van der Waals surface area contributed by atoms with Crippen LogP contribution in [0.2, 0.25) is 0 Å². The number of rotatable bonds is 1. The molecule has 2 atom stereocenters. The van der Waals surface area contributed by atoms with E-state index in [1.165, 1.54) is 31.0 Å². The van der Waals surface area contributed by atoms with Crippen LogP contribution in [-0.4, -0.2) is 47.4 Å². The number of carbonyl (C=O) groups excluding carboxylic acids is 1. The molecule has 1 aromatic rings. The van der Waals surface area contributed by atoms with Gasteiger partial charge in [-0.15, -0.1) is 0 Å². The summed E-state index contributed by atoms with van der Waals surface area (Å²) >= 11 is 0. The Labute approximate surface area is 124 Å². The van der Waals surface area contributed by atoms with E-state index in [2.05, 4.69) is 11.8 Å². The number of fused-ring (bicyclic) bond motifs is 1. The minimum Gasteiger partial charge on any atom is -0.398 e. The number of nitrogen functional groups attached to an aromatic ring is 1. The number of anilines is 1. The van der Waals surface area contributed by atoms with Crippen LogP contribution in [0, 0.1) is 5.82 Å². The summed E-state index contributed by atoms with van der Waals surface area (Å²) in [7, 11) is 0. The molecule has 0 spiro atoms. The van der Waals surface area contributed by atoms with Crippen LogP contribution in [0.5, 0.6) is 0 Å². The zero-order chi connectivity index (χ0) is 15.0. The lowest BCUT2D eigenvalue weighted by atomic mass is 9.96. The molecule has 0 aliphatic carbocycles. The zero-order valence-corrected chi connectivity index (χ0v) is 12.4. The third-order valence-electron chi connectivity index (χ3n) is 4.69. The number of amides is 1. The lowest BCUT2D eigenvalue weighted by molar-refractivity contribution is 0.0152. The molecule has 1 aromatic carbocycles. The van der Waals surface area contributed by atoms with Gasteiger partial charge in [-0.2, -0.15) is 0 Å². The topological polar surface area (TPSA) is 49.6 Å². The number of benzene rings is 1. The molecule has 1 amide bonds. The highest BCUT2D eigenvalue weighted by Crippen LogP contribution is 2.26. The van der Waals surface area contributed by atoms with Gasteiger partial charge in [0.15, 0.2) is 0 Å². The standard InChI is InChI=1S/C16H22FN3O/c1-11-9-19-7-3-2-4-13(19)10-20(11)16(21)14-6-5-12(17)8-15(14)18/h5-6,8,11,13H,2-4,7,9-10,18H2,1H3. The smallest absolute Gasteiger partial charge is 0.256 e. The lowest BCUT2D eigenvalue weighted by Gasteiger charge is -2.47. The summed E-state index contributed by atoms with van der Waals surface area (Å²) in [6.45, 7) is 4.87. The Bertz CT molecular complexity index is 548. The molecule has 114 valence electrons. The second kappa shape index (κ2) is 5.64. The second-order valence-corrected chi connectivity index (χ2v) is 6.18. The van der Waals surface area contributed by atoms with Crippen molar-refractivity contribution in [2.45, 2.75) is 38.3 Å². The highest BCUT2D eigenvalue weighted by molar-refractivity contribution is 5.99. The van der Waals surface area contributed by atoms with Gasteiger partial charge in [-0.3, -0.25) is 9.69 Å². The van der Waals surface area contributed by atoms with Crippen LogP contribution in [0.1, 0.15) is 36.5 Å². The number of halogens is 1. The molecule has 2 N–H and O–H groups in total. The molecule has 5 heteroatoms. The molecule has 0 aromatic heterocycles. The maximum absolute atomic E-state index is 13.1. The molecule has 0 saturated carbocycles. The minimum atomic E-state index is -0.408. The third-order valence-corrected chi connectivity index (χ3v) is 4.69. The van der Waals surface area contributed by atoms with Crippen molar-refractivity contribution >= 4 is 11.6 Å². The van der Waals surface area contributed by atoms with Crippen LogP contribution in [0.15, 0.2) is 18.2 Å². The summed E-state index contributed by atoms with van der Waals surface area (Å²) in [6.07, 6.45) is 3.63. The highest BCUT2D eigenvalue weighted by atomic mass is 19.1. The van der Waals surface area contributed by atoms with E-state index in [4.69, 9.17) is 5.73 Å². The molecule has 0 bridgehead atoms. The summed E-state index contributed by atoms with van der Waals surface area (Å²) < 4.78 is 13.1. The van der Waals surface area contributed by atoms with Gasteiger partial charge < -0.3 is 10.6 Å². The summed E-state index contributed by atoms with van der Waals surface area (Å²) in [5, 5.41) is 0. The summed E-state index contributed by atoms with van der Waals surface area (Å²) in [6, 6.07) is 4.63. The van der Waals surface area contributed by atoms with Gasteiger partial charge in [-0.05, 0) is 44.5 Å². The van der Waals surface area contributed by atoms with Crippen molar-refractivity contribution in [2.75, 3.05) is 25.4 Å². The zero-order valence-electron chi connectivity index (χ0n) is 12.4. The summed E-state index contributed by atoms with van der Waals surface area (Å²) in [4.78, 5) is 17.1. The van der Waals surface area contributed by atoms with Gasteiger partial charge in [-0.1, -0.05) is 6.42 Å². The number of hydrogen-bond donors (Lipinski definition) is 1. The number of piperidine rings is 1. The van der Waals surface area contributed by atoms with E-state index >= 15 is 0 Å². The maximum atomic E-state index is 13.1. The third kappa shape index (κ3) is 2.75.